The van der Waals surface area contributed by atoms with Crippen LogP contribution in [0.5, 0.6) is 0 Å². The highest BCUT2D eigenvalue weighted by molar-refractivity contribution is 7.12. The summed E-state index contributed by atoms with van der Waals surface area (Å²) in [5.74, 6) is -0.607. The number of ketones is 1. The molecular formula is C14H8F3NOS. The van der Waals surface area contributed by atoms with E-state index in [1.54, 1.807) is 23.6 Å². The van der Waals surface area contributed by atoms with E-state index in [1.807, 2.05) is 0 Å². The molecule has 3 aromatic rings. The van der Waals surface area contributed by atoms with Crippen molar-refractivity contribution < 1.29 is 18.0 Å². The van der Waals surface area contributed by atoms with Crippen LogP contribution in [0, 0.1) is 0 Å². The zero-order valence-electron chi connectivity index (χ0n) is 9.99. The van der Waals surface area contributed by atoms with Crippen molar-refractivity contribution in [3.05, 3.63) is 57.9 Å². The van der Waals surface area contributed by atoms with E-state index in [-0.39, 0.29) is 5.56 Å². The molecular weight excluding hydrogens is 287 g/mol. The predicted octanol–water partition coefficient (Wildman–Crippen LogP) is 4.48. The SMILES string of the molecule is O=C(c1cccs1)c1c(C(F)(F)F)[nH]c2ccccc12. The second-order valence-electron chi connectivity index (χ2n) is 4.22. The number of fused-ring (bicyclic) bond motifs is 1. The van der Waals surface area contributed by atoms with Crippen molar-refractivity contribution >= 4 is 28.0 Å². The van der Waals surface area contributed by atoms with Crippen LogP contribution >= 0.6 is 11.3 Å². The second kappa shape index (κ2) is 4.49. The maximum Gasteiger partial charge on any atom is 0.432 e. The number of hydrogen-bond acceptors (Lipinski definition) is 2. The summed E-state index contributed by atoms with van der Waals surface area (Å²) in [7, 11) is 0. The molecule has 1 N–H and O–H groups in total. The summed E-state index contributed by atoms with van der Waals surface area (Å²) in [4.78, 5) is 14.9. The highest BCUT2D eigenvalue weighted by Crippen LogP contribution is 2.36. The van der Waals surface area contributed by atoms with Crippen LogP contribution in [0.25, 0.3) is 10.9 Å². The first-order chi connectivity index (χ1) is 9.48. The van der Waals surface area contributed by atoms with E-state index in [4.69, 9.17) is 0 Å². The summed E-state index contributed by atoms with van der Waals surface area (Å²) < 4.78 is 39.3. The van der Waals surface area contributed by atoms with E-state index in [1.165, 1.54) is 18.2 Å². The van der Waals surface area contributed by atoms with Gasteiger partial charge >= 0.3 is 6.18 Å². The van der Waals surface area contributed by atoms with Crippen LogP contribution in [0.3, 0.4) is 0 Å². The molecule has 6 heteroatoms. The molecule has 2 nitrogen and oxygen atoms in total. The molecule has 0 saturated carbocycles. The van der Waals surface area contributed by atoms with Gasteiger partial charge in [0.15, 0.2) is 0 Å². The van der Waals surface area contributed by atoms with Gasteiger partial charge in [0.05, 0.1) is 10.4 Å². The summed E-state index contributed by atoms with van der Waals surface area (Å²) in [6.07, 6.45) is -4.60. The van der Waals surface area contributed by atoms with Gasteiger partial charge in [0.2, 0.25) is 5.78 Å². The number of carbonyl (C=O) groups is 1. The highest BCUT2D eigenvalue weighted by Gasteiger charge is 2.38. The Labute approximate surface area is 115 Å². The van der Waals surface area contributed by atoms with Gasteiger partial charge in [-0.25, -0.2) is 0 Å². The zero-order valence-corrected chi connectivity index (χ0v) is 10.8. The van der Waals surface area contributed by atoms with Gasteiger partial charge in [-0.1, -0.05) is 24.3 Å². The van der Waals surface area contributed by atoms with Crippen molar-refractivity contribution in [2.75, 3.05) is 0 Å². The Morgan fingerprint density at radius 3 is 2.50 bits per heavy atom. The molecule has 0 aliphatic carbocycles. The highest BCUT2D eigenvalue weighted by atomic mass is 32.1. The molecule has 0 unspecified atom stereocenters. The number of nitrogens with one attached hydrogen (secondary N) is 1. The number of aromatic nitrogens is 1. The third kappa shape index (κ3) is 2.02. The number of aromatic amines is 1. The van der Waals surface area contributed by atoms with Crippen LogP contribution in [-0.2, 0) is 6.18 Å². The fraction of sp³-hybridized carbons (Fsp3) is 0.0714. The smallest absolute Gasteiger partial charge is 0.350 e. The average Bonchev–Trinajstić information content (AvgIpc) is 3.04. The van der Waals surface area contributed by atoms with Crippen molar-refractivity contribution in [1.29, 1.82) is 0 Å². The number of hydrogen-bond donors (Lipinski definition) is 1. The predicted molar refractivity (Wildman–Crippen MR) is 71.1 cm³/mol. The lowest BCUT2D eigenvalue weighted by Crippen LogP contribution is -2.12. The molecule has 0 radical (unpaired) electrons. The molecule has 2 heterocycles. The maximum absolute atomic E-state index is 13.1. The lowest BCUT2D eigenvalue weighted by Gasteiger charge is -2.06. The fourth-order valence-corrected chi connectivity index (χ4v) is 2.79. The average molecular weight is 295 g/mol. The molecule has 0 fully saturated rings. The van der Waals surface area contributed by atoms with Gasteiger partial charge < -0.3 is 4.98 Å². The maximum atomic E-state index is 13.1. The molecule has 0 aliphatic heterocycles. The number of rotatable bonds is 2. The van der Waals surface area contributed by atoms with Gasteiger partial charge in [-0.05, 0) is 17.5 Å². The van der Waals surface area contributed by atoms with Gasteiger partial charge in [-0.2, -0.15) is 13.2 Å². The second-order valence-corrected chi connectivity index (χ2v) is 5.17. The molecule has 102 valence electrons. The van der Waals surface area contributed by atoms with Crippen LogP contribution in [0.15, 0.2) is 41.8 Å². The first-order valence-electron chi connectivity index (χ1n) is 5.74. The third-order valence-electron chi connectivity index (χ3n) is 2.96. The van der Waals surface area contributed by atoms with Crippen molar-refractivity contribution in [3.63, 3.8) is 0 Å². The van der Waals surface area contributed by atoms with Gasteiger partial charge in [-0.3, -0.25) is 4.79 Å². The van der Waals surface area contributed by atoms with Crippen LogP contribution < -0.4 is 0 Å². The third-order valence-corrected chi connectivity index (χ3v) is 3.83. The van der Waals surface area contributed by atoms with E-state index in [0.29, 0.717) is 15.8 Å². The van der Waals surface area contributed by atoms with E-state index in [2.05, 4.69) is 4.98 Å². The first kappa shape index (κ1) is 12.9. The van der Waals surface area contributed by atoms with Gasteiger partial charge in [-0.15, -0.1) is 11.3 Å². The number of thiophene rings is 1. The number of alkyl halides is 3. The van der Waals surface area contributed by atoms with Crippen LogP contribution in [0.1, 0.15) is 20.9 Å². The number of H-pyrrole nitrogens is 1. The minimum atomic E-state index is -4.60. The van der Waals surface area contributed by atoms with Crippen LogP contribution in [0.2, 0.25) is 0 Å². The standard InChI is InChI=1S/C14H8F3NOS/c15-14(16,17)13-11(12(19)10-6-3-7-20-10)8-4-1-2-5-9(8)18-13/h1-7,18H. The van der Waals surface area contributed by atoms with Gasteiger partial charge in [0, 0.05) is 10.9 Å². The number of para-hydroxylation sites is 1. The molecule has 2 aromatic heterocycles. The Balaban J connectivity index is 2.29. The van der Waals surface area contributed by atoms with Gasteiger partial charge in [0.25, 0.3) is 0 Å². The quantitative estimate of drug-likeness (QED) is 0.695. The lowest BCUT2D eigenvalue weighted by molar-refractivity contribution is -0.140. The van der Waals surface area contributed by atoms with Crippen molar-refractivity contribution in [1.82, 2.24) is 4.98 Å². The normalized spacial score (nSPS) is 11.9. The van der Waals surface area contributed by atoms with Crippen LogP contribution in [0.4, 0.5) is 13.2 Å². The largest absolute Gasteiger partial charge is 0.432 e. The molecule has 0 spiro atoms. The number of benzene rings is 1. The monoisotopic (exact) mass is 295 g/mol. The van der Waals surface area contributed by atoms with Crippen molar-refractivity contribution in [2.24, 2.45) is 0 Å². The number of halogens is 3. The minimum Gasteiger partial charge on any atom is -0.350 e. The van der Waals surface area contributed by atoms with Crippen molar-refractivity contribution in [3.8, 4) is 0 Å². The summed E-state index contributed by atoms with van der Waals surface area (Å²) in [5.41, 5.74) is -0.993. The molecule has 0 saturated heterocycles. The first-order valence-corrected chi connectivity index (χ1v) is 6.62. The Morgan fingerprint density at radius 2 is 1.85 bits per heavy atom. The van der Waals surface area contributed by atoms with Gasteiger partial charge in [0.1, 0.15) is 5.69 Å². The molecule has 1 aromatic carbocycles. The summed E-state index contributed by atoms with van der Waals surface area (Å²) in [6.45, 7) is 0. The molecule has 20 heavy (non-hydrogen) atoms. The Bertz CT molecular complexity index is 771. The Hall–Kier alpha value is -2.08. The Kier molecular flexibility index (Phi) is 2.90. The van der Waals surface area contributed by atoms with E-state index in [0.717, 1.165) is 11.3 Å². The summed E-state index contributed by atoms with van der Waals surface area (Å²) in [6, 6.07) is 9.44. The summed E-state index contributed by atoms with van der Waals surface area (Å²) >= 11 is 1.13. The van der Waals surface area contributed by atoms with E-state index < -0.39 is 17.7 Å². The Morgan fingerprint density at radius 1 is 1.10 bits per heavy atom. The molecule has 0 bridgehead atoms. The molecule has 0 aliphatic rings. The zero-order chi connectivity index (χ0) is 14.3. The van der Waals surface area contributed by atoms with E-state index >= 15 is 0 Å². The van der Waals surface area contributed by atoms with Crippen molar-refractivity contribution in [2.45, 2.75) is 6.18 Å². The lowest BCUT2D eigenvalue weighted by atomic mass is 10.0. The topological polar surface area (TPSA) is 32.9 Å². The van der Waals surface area contributed by atoms with E-state index in [9.17, 15) is 18.0 Å². The molecule has 3 rings (SSSR count). The molecule has 0 atom stereocenters. The van der Waals surface area contributed by atoms with Crippen LogP contribution in [-0.4, -0.2) is 10.8 Å². The summed E-state index contributed by atoms with van der Waals surface area (Å²) in [5, 5.41) is 1.95. The number of carbonyl (C=O) groups excluding carboxylic acids is 1. The fourth-order valence-electron chi connectivity index (χ4n) is 2.12. The minimum absolute atomic E-state index is 0.290. The molecule has 0 amide bonds.